The van der Waals surface area contributed by atoms with Gasteiger partial charge in [-0.05, 0) is 25.8 Å². The van der Waals surface area contributed by atoms with Crippen molar-refractivity contribution >= 4 is 17.2 Å². The molecule has 134 valence electrons. The van der Waals surface area contributed by atoms with E-state index in [0.717, 1.165) is 50.4 Å². The van der Waals surface area contributed by atoms with E-state index in [2.05, 4.69) is 42.8 Å². The van der Waals surface area contributed by atoms with Crippen LogP contribution >= 0.6 is 11.3 Å². The second-order valence-corrected chi connectivity index (χ2v) is 8.01. The molecule has 0 saturated carbocycles. The summed E-state index contributed by atoms with van der Waals surface area (Å²) in [5.41, 5.74) is 2.27. The molecule has 2 aromatic rings. The first-order valence-corrected chi connectivity index (χ1v) is 9.89. The Hall–Kier alpha value is -1.72. The van der Waals surface area contributed by atoms with E-state index in [9.17, 15) is 4.79 Å². The maximum atomic E-state index is 12.9. The van der Waals surface area contributed by atoms with E-state index >= 15 is 0 Å². The zero-order chi connectivity index (χ0) is 17.8. The van der Waals surface area contributed by atoms with Crippen LogP contribution < -0.4 is 0 Å². The van der Waals surface area contributed by atoms with Crippen LogP contribution in [0.15, 0.2) is 30.3 Å². The number of aromatic nitrogens is 1. The van der Waals surface area contributed by atoms with Crippen molar-refractivity contribution in [2.45, 2.75) is 39.7 Å². The minimum absolute atomic E-state index is 0.0167. The molecule has 1 fully saturated rings. The van der Waals surface area contributed by atoms with Gasteiger partial charge in [-0.3, -0.25) is 9.69 Å². The fourth-order valence-electron chi connectivity index (χ4n) is 3.38. The summed E-state index contributed by atoms with van der Waals surface area (Å²) in [5, 5.41) is 1.19. The highest BCUT2D eigenvalue weighted by Gasteiger charge is 2.27. The lowest BCUT2D eigenvalue weighted by Gasteiger charge is -2.36. The first-order chi connectivity index (χ1) is 12.1. The predicted octanol–water partition coefficient (Wildman–Crippen LogP) is 3.60. The second-order valence-electron chi connectivity index (χ2n) is 6.72. The number of benzene rings is 1. The third-order valence-electron chi connectivity index (χ3n) is 5.02. The van der Waals surface area contributed by atoms with Crippen LogP contribution in [0.25, 0.3) is 0 Å². The van der Waals surface area contributed by atoms with E-state index < -0.39 is 0 Å². The molecule has 1 unspecified atom stereocenters. The third-order valence-corrected chi connectivity index (χ3v) is 6.08. The lowest BCUT2D eigenvalue weighted by Crippen LogP contribution is -2.49. The number of rotatable bonds is 5. The van der Waals surface area contributed by atoms with Gasteiger partial charge < -0.3 is 4.90 Å². The van der Waals surface area contributed by atoms with E-state index in [-0.39, 0.29) is 11.8 Å². The van der Waals surface area contributed by atoms with Gasteiger partial charge in [0.2, 0.25) is 5.91 Å². The molecule has 1 amide bonds. The minimum Gasteiger partial charge on any atom is -0.340 e. The van der Waals surface area contributed by atoms with Gasteiger partial charge in [0.05, 0.1) is 18.2 Å². The molecule has 1 aliphatic heterocycles. The summed E-state index contributed by atoms with van der Waals surface area (Å²) in [5.74, 6) is 0.256. The van der Waals surface area contributed by atoms with Gasteiger partial charge in [0, 0.05) is 31.1 Å². The number of hydrogen-bond acceptors (Lipinski definition) is 4. The predicted molar refractivity (Wildman–Crippen MR) is 103 cm³/mol. The van der Waals surface area contributed by atoms with Crippen LogP contribution in [-0.2, 0) is 11.3 Å². The van der Waals surface area contributed by atoms with Crippen molar-refractivity contribution in [3.63, 3.8) is 0 Å². The van der Waals surface area contributed by atoms with Gasteiger partial charge in [0.1, 0.15) is 5.01 Å². The van der Waals surface area contributed by atoms with Gasteiger partial charge in [-0.1, -0.05) is 37.3 Å². The first kappa shape index (κ1) is 18.1. The van der Waals surface area contributed by atoms with Gasteiger partial charge in [0.25, 0.3) is 0 Å². The number of amides is 1. The summed E-state index contributed by atoms with van der Waals surface area (Å²) in [7, 11) is 0. The zero-order valence-corrected chi connectivity index (χ0v) is 16.2. The van der Waals surface area contributed by atoms with E-state index in [1.54, 1.807) is 11.3 Å². The molecule has 1 atom stereocenters. The normalized spacial score (nSPS) is 16.8. The Balaban J connectivity index is 1.57. The van der Waals surface area contributed by atoms with Crippen molar-refractivity contribution in [3.8, 4) is 0 Å². The minimum atomic E-state index is -0.0167. The van der Waals surface area contributed by atoms with E-state index in [1.807, 2.05) is 23.1 Å². The largest absolute Gasteiger partial charge is 0.340 e. The molecular formula is C20H27N3OS. The van der Waals surface area contributed by atoms with Crippen LogP contribution in [0.2, 0.25) is 0 Å². The zero-order valence-electron chi connectivity index (χ0n) is 15.4. The number of carbonyl (C=O) groups is 1. The van der Waals surface area contributed by atoms with Crippen LogP contribution in [-0.4, -0.2) is 46.9 Å². The summed E-state index contributed by atoms with van der Waals surface area (Å²) < 4.78 is 0. The molecule has 0 bridgehead atoms. The van der Waals surface area contributed by atoms with Crippen molar-refractivity contribution in [2.75, 3.05) is 26.2 Å². The molecule has 0 N–H and O–H groups in total. The van der Waals surface area contributed by atoms with Crippen LogP contribution in [0.4, 0.5) is 0 Å². The van der Waals surface area contributed by atoms with Gasteiger partial charge in [0.15, 0.2) is 0 Å². The number of aryl methyl sites for hydroxylation is 2. The highest BCUT2D eigenvalue weighted by molar-refractivity contribution is 7.11. The molecule has 25 heavy (non-hydrogen) atoms. The summed E-state index contributed by atoms with van der Waals surface area (Å²) >= 11 is 1.79. The fourth-order valence-corrected chi connectivity index (χ4v) is 4.36. The molecular weight excluding hydrogens is 330 g/mol. The first-order valence-electron chi connectivity index (χ1n) is 9.07. The van der Waals surface area contributed by atoms with Gasteiger partial charge in [-0.25, -0.2) is 4.98 Å². The summed E-state index contributed by atoms with van der Waals surface area (Å²) in [6.45, 7) is 10.7. The van der Waals surface area contributed by atoms with Gasteiger partial charge in [-0.15, -0.1) is 11.3 Å². The van der Waals surface area contributed by atoms with E-state index in [0.29, 0.717) is 0 Å². The standard InChI is InChI=1S/C20H27N3OS/c1-4-18(17-8-6-5-7-9-17)20(24)23-12-10-22(11-13-23)14-19-21-15(2)16(3)25-19/h5-9,18H,4,10-14H2,1-3H3. The number of carbonyl (C=O) groups excluding carboxylic acids is 1. The molecule has 2 heterocycles. The Kier molecular flexibility index (Phi) is 5.86. The quantitative estimate of drug-likeness (QED) is 0.820. The molecule has 3 rings (SSSR count). The van der Waals surface area contributed by atoms with Crippen LogP contribution in [0.5, 0.6) is 0 Å². The Morgan fingerprint density at radius 2 is 1.84 bits per heavy atom. The van der Waals surface area contributed by atoms with Crippen molar-refractivity contribution < 1.29 is 4.79 Å². The average Bonchev–Trinajstić information content (AvgIpc) is 2.94. The lowest BCUT2D eigenvalue weighted by molar-refractivity contribution is -0.134. The third kappa shape index (κ3) is 4.28. The fraction of sp³-hybridized carbons (Fsp3) is 0.500. The number of thiazole rings is 1. The highest BCUT2D eigenvalue weighted by atomic mass is 32.1. The highest BCUT2D eigenvalue weighted by Crippen LogP contribution is 2.23. The summed E-state index contributed by atoms with van der Waals surface area (Å²) in [6, 6.07) is 10.2. The van der Waals surface area contributed by atoms with Crippen molar-refractivity contribution in [1.29, 1.82) is 0 Å². The van der Waals surface area contributed by atoms with Crippen LogP contribution in [0, 0.1) is 13.8 Å². The maximum Gasteiger partial charge on any atom is 0.230 e. The Morgan fingerprint density at radius 3 is 2.40 bits per heavy atom. The number of nitrogens with zero attached hydrogens (tertiary/aromatic N) is 3. The van der Waals surface area contributed by atoms with E-state index in [4.69, 9.17) is 0 Å². The molecule has 1 aliphatic rings. The number of hydrogen-bond donors (Lipinski definition) is 0. The molecule has 0 radical (unpaired) electrons. The summed E-state index contributed by atoms with van der Waals surface area (Å²) in [6.07, 6.45) is 0.848. The monoisotopic (exact) mass is 357 g/mol. The molecule has 1 saturated heterocycles. The maximum absolute atomic E-state index is 12.9. The second kappa shape index (κ2) is 8.11. The molecule has 1 aromatic heterocycles. The topological polar surface area (TPSA) is 36.4 Å². The summed E-state index contributed by atoms with van der Waals surface area (Å²) in [4.78, 5) is 23.3. The molecule has 5 heteroatoms. The SMILES string of the molecule is CCC(C(=O)N1CCN(Cc2nc(C)c(C)s2)CC1)c1ccccc1. The smallest absolute Gasteiger partial charge is 0.230 e. The van der Waals surface area contributed by atoms with E-state index in [1.165, 1.54) is 9.88 Å². The van der Waals surface area contributed by atoms with Gasteiger partial charge >= 0.3 is 0 Å². The van der Waals surface area contributed by atoms with Crippen LogP contribution in [0.3, 0.4) is 0 Å². The molecule has 1 aromatic carbocycles. The van der Waals surface area contributed by atoms with Crippen molar-refractivity contribution in [2.24, 2.45) is 0 Å². The Labute approximate surface area is 154 Å². The van der Waals surface area contributed by atoms with Crippen molar-refractivity contribution in [3.05, 3.63) is 51.5 Å². The molecule has 0 aliphatic carbocycles. The van der Waals surface area contributed by atoms with Crippen LogP contribution in [0.1, 0.15) is 40.4 Å². The Morgan fingerprint density at radius 1 is 1.16 bits per heavy atom. The lowest BCUT2D eigenvalue weighted by atomic mass is 9.95. The number of piperazine rings is 1. The van der Waals surface area contributed by atoms with Crippen molar-refractivity contribution in [1.82, 2.24) is 14.8 Å². The molecule has 4 nitrogen and oxygen atoms in total. The average molecular weight is 358 g/mol. The molecule has 0 spiro atoms. The van der Waals surface area contributed by atoms with Gasteiger partial charge in [-0.2, -0.15) is 0 Å². The Bertz CT molecular complexity index is 685.